The van der Waals surface area contributed by atoms with E-state index in [1.165, 1.54) is 24.1 Å². The largest absolute Gasteiger partial charge is 0.497 e. The Morgan fingerprint density at radius 1 is 1.04 bits per heavy atom. The molecule has 0 fully saturated rings. The van der Waals surface area contributed by atoms with Crippen LogP contribution in [0.3, 0.4) is 0 Å². The summed E-state index contributed by atoms with van der Waals surface area (Å²) in [5, 5.41) is 1.04. The second kappa shape index (κ2) is 7.37. The minimum atomic E-state index is -3.57. The van der Waals surface area contributed by atoms with Gasteiger partial charge in [0.05, 0.1) is 12.0 Å². The molecule has 1 aromatic heterocycles. The Bertz CT molecular complexity index is 1050. The summed E-state index contributed by atoms with van der Waals surface area (Å²) in [7, 11) is -1.97. The van der Waals surface area contributed by atoms with Crippen LogP contribution in [0.5, 0.6) is 5.75 Å². The van der Waals surface area contributed by atoms with Crippen molar-refractivity contribution in [3.63, 3.8) is 0 Å². The Morgan fingerprint density at radius 3 is 2.59 bits per heavy atom. The lowest BCUT2D eigenvalue weighted by atomic mass is 10.1. The Morgan fingerprint density at radius 2 is 1.81 bits per heavy atom. The summed E-state index contributed by atoms with van der Waals surface area (Å²) in [5.41, 5.74) is 4.46. The van der Waals surface area contributed by atoms with Crippen molar-refractivity contribution in [3.8, 4) is 5.75 Å². The summed E-state index contributed by atoms with van der Waals surface area (Å²) >= 11 is 0. The summed E-state index contributed by atoms with van der Waals surface area (Å²) in [6, 6.07) is 12.7. The van der Waals surface area contributed by atoms with Gasteiger partial charge in [-0.15, -0.1) is 0 Å². The topological polar surface area (TPSA) is 71.2 Å². The molecular weight excluding hydrogens is 360 g/mol. The van der Waals surface area contributed by atoms with Gasteiger partial charge in [0.25, 0.3) is 0 Å². The van der Waals surface area contributed by atoms with E-state index in [9.17, 15) is 8.42 Å². The average molecular weight is 385 g/mol. The first kappa shape index (κ1) is 18.1. The highest BCUT2D eigenvalue weighted by atomic mass is 32.2. The van der Waals surface area contributed by atoms with Gasteiger partial charge >= 0.3 is 0 Å². The summed E-state index contributed by atoms with van der Waals surface area (Å²) in [6.07, 6.45) is 5.63. The van der Waals surface area contributed by atoms with Crippen LogP contribution in [0.15, 0.2) is 47.4 Å². The fourth-order valence-electron chi connectivity index (χ4n) is 3.73. The van der Waals surface area contributed by atoms with E-state index in [0.29, 0.717) is 4.90 Å². The Labute approximate surface area is 159 Å². The van der Waals surface area contributed by atoms with Crippen molar-refractivity contribution in [2.75, 3.05) is 7.11 Å². The number of ether oxygens (including phenoxy) is 1. The monoisotopic (exact) mass is 384 g/mol. The highest BCUT2D eigenvalue weighted by molar-refractivity contribution is 7.89. The van der Waals surface area contributed by atoms with Crippen LogP contribution in [0, 0.1) is 0 Å². The predicted octanol–water partition coefficient (Wildman–Crippen LogP) is 3.92. The van der Waals surface area contributed by atoms with Gasteiger partial charge in [-0.3, -0.25) is 0 Å². The zero-order chi connectivity index (χ0) is 18.9. The molecule has 5 nitrogen and oxygen atoms in total. The van der Waals surface area contributed by atoms with E-state index in [4.69, 9.17) is 4.74 Å². The third kappa shape index (κ3) is 3.73. The molecular formula is C21H24N2O3S. The van der Waals surface area contributed by atoms with Crippen LogP contribution in [-0.2, 0) is 29.4 Å². The highest BCUT2D eigenvalue weighted by Crippen LogP contribution is 2.30. The van der Waals surface area contributed by atoms with Crippen molar-refractivity contribution < 1.29 is 13.2 Å². The average Bonchev–Trinajstić information content (AvgIpc) is 2.86. The molecule has 0 bridgehead atoms. The molecule has 1 aliphatic carbocycles. The summed E-state index contributed by atoms with van der Waals surface area (Å²) < 4.78 is 33.4. The van der Waals surface area contributed by atoms with Gasteiger partial charge in [0.2, 0.25) is 10.0 Å². The number of aromatic amines is 1. The van der Waals surface area contributed by atoms with Crippen molar-refractivity contribution in [1.82, 2.24) is 9.71 Å². The Balaban J connectivity index is 1.58. The first-order valence-electron chi connectivity index (χ1n) is 9.33. The van der Waals surface area contributed by atoms with Crippen molar-refractivity contribution in [2.24, 2.45) is 0 Å². The zero-order valence-electron chi connectivity index (χ0n) is 15.4. The van der Waals surface area contributed by atoms with Crippen molar-refractivity contribution >= 4 is 20.9 Å². The van der Waals surface area contributed by atoms with Crippen molar-refractivity contribution in [1.29, 1.82) is 0 Å². The van der Waals surface area contributed by atoms with Gasteiger partial charge in [-0.1, -0.05) is 18.6 Å². The minimum absolute atomic E-state index is 0.246. The Kier molecular flexibility index (Phi) is 4.93. The van der Waals surface area contributed by atoms with E-state index in [0.717, 1.165) is 41.5 Å². The molecule has 2 aromatic carbocycles. The van der Waals surface area contributed by atoms with Gasteiger partial charge in [0.1, 0.15) is 5.75 Å². The normalized spacial score (nSPS) is 14.7. The first-order chi connectivity index (χ1) is 13.1. The van der Waals surface area contributed by atoms with Crippen LogP contribution in [0.1, 0.15) is 36.1 Å². The molecule has 2 N–H and O–H groups in total. The zero-order valence-corrected chi connectivity index (χ0v) is 16.2. The van der Waals surface area contributed by atoms with E-state index in [1.54, 1.807) is 13.2 Å². The lowest BCUT2D eigenvalue weighted by Crippen LogP contribution is -2.23. The summed E-state index contributed by atoms with van der Waals surface area (Å²) in [4.78, 5) is 3.79. The summed E-state index contributed by atoms with van der Waals surface area (Å²) in [6.45, 7) is 0.246. The molecule has 0 spiro atoms. The molecule has 0 radical (unpaired) electrons. The number of hydrogen-bond acceptors (Lipinski definition) is 3. The molecule has 4 rings (SSSR count). The van der Waals surface area contributed by atoms with Crippen LogP contribution in [0.4, 0.5) is 0 Å². The molecule has 0 aliphatic heterocycles. The lowest BCUT2D eigenvalue weighted by molar-refractivity contribution is 0.414. The maximum Gasteiger partial charge on any atom is 0.240 e. The number of H-pyrrole nitrogens is 1. The smallest absolute Gasteiger partial charge is 0.240 e. The number of aryl methyl sites for hydroxylation is 2. The molecule has 142 valence electrons. The second-order valence-electron chi connectivity index (χ2n) is 7.02. The molecule has 0 amide bonds. The molecule has 0 atom stereocenters. The molecule has 3 aromatic rings. The molecule has 0 unspecified atom stereocenters. The van der Waals surface area contributed by atoms with Gasteiger partial charge in [-0.25, -0.2) is 13.1 Å². The van der Waals surface area contributed by atoms with Crippen LogP contribution in [-0.4, -0.2) is 20.5 Å². The van der Waals surface area contributed by atoms with Gasteiger partial charge in [0.15, 0.2) is 0 Å². The molecule has 0 saturated carbocycles. The third-order valence-corrected chi connectivity index (χ3v) is 6.65. The van der Waals surface area contributed by atoms with Crippen LogP contribution in [0.2, 0.25) is 0 Å². The molecule has 27 heavy (non-hydrogen) atoms. The number of benzene rings is 2. The van der Waals surface area contributed by atoms with Gasteiger partial charge < -0.3 is 9.72 Å². The van der Waals surface area contributed by atoms with Crippen LogP contribution < -0.4 is 9.46 Å². The van der Waals surface area contributed by atoms with E-state index in [2.05, 4.69) is 9.71 Å². The third-order valence-electron chi connectivity index (χ3n) is 5.26. The molecule has 0 saturated heterocycles. The maximum atomic E-state index is 12.8. The van der Waals surface area contributed by atoms with E-state index in [-0.39, 0.29) is 6.54 Å². The number of hydrogen-bond donors (Lipinski definition) is 2. The fourth-order valence-corrected chi connectivity index (χ4v) is 4.78. The number of methoxy groups -OCH3 is 1. The quantitative estimate of drug-likeness (QED) is 0.655. The number of fused-ring (bicyclic) bond motifs is 3. The van der Waals surface area contributed by atoms with E-state index >= 15 is 0 Å². The van der Waals surface area contributed by atoms with Gasteiger partial charge in [0, 0.05) is 23.1 Å². The first-order valence-corrected chi connectivity index (χ1v) is 10.8. The van der Waals surface area contributed by atoms with Crippen molar-refractivity contribution in [3.05, 3.63) is 59.3 Å². The minimum Gasteiger partial charge on any atom is -0.497 e. The van der Waals surface area contributed by atoms with Crippen LogP contribution in [0.25, 0.3) is 10.9 Å². The number of nitrogens with one attached hydrogen (secondary N) is 2. The lowest BCUT2D eigenvalue weighted by Gasteiger charge is -2.08. The van der Waals surface area contributed by atoms with Gasteiger partial charge in [-0.05, 0) is 67.1 Å². The Hall–Kier alpha value is -2.31. The van der Waals surface area contributed by atoms with E-state index in [1.807, 2.05) is 36.4 Å². The predicted molar refractivity (Wildman–Crippen MR) is 107 cm³/mol. The standard InChI is InChI=1S/C21H24N2O3S/c1-26-16-9-7-15(8-10-16)14-22-27(24,25)17-11-12-21-19(13-17)18-5-3-2-4-6-20(18)23-21/h7-13,22-23H,2-6,14H2,1H3. The maximum absolute atomic E-state index is 12.8. The summed E-state index contributed by atoms with van der Waals surface area (Å²) in [5.74, 6) is 0.750. The molecule has 6 heteroatoms. The van der Waals surface area contributed by atoms with Gasteiger partial charge in [-0.2, -0.15) is 0 Å². The molecule has 1 aliphatic rings. The number of aromatic nitrogens is 1. The van der Waals surface area contributed by atoms with E-state index < -0.39 is 10.0 Å². The second-order valence-corrected chi connectivity index (χ2v) is 8.79. The van der Waals surface area contributed by atoms with Crippen molar-refractivity contribution in [2.45, 2.75) is 43.5 Å². The number of rotatable bonds is 5. The van der Waals surface area contributed by atoms with Crippen LogP contribution >= 0.6 is 0 Å². The SMILES string of the molecule is COc1ccc(CNS(=O)(=O)c2ccc3[nH]c4c(c3c2)CCCCC4)cc1. The fraction of sp³-hybridized carbons (Fsp3) is 0.333. The number of sulfonamides is 1. The highest BCUT2D eigenvalue weighted by Gasteiger charge is 2.19. The molecule has 1 heterocycles.